The molecule has 2 rings (SSSR count). The summed E-state index contributed by atoms with van der Waals surface area (Å²) in [4.78, 5) is 12.6. The molecular formula is C25H32O4. The predicted octanol–water partition coefficient (Wildman–Crippen LogP) is 6.12. The third-order valence-electron chi connectivity index (χ3n) is 4.35. The summed E-state index contributed by atoms with van der Waals surface area (Å²) in [5.41, 5.74) is 2.69. The molecule has 0 spiro atoms. The van der Waals surface area contributed by atoms with E-state index in [1.54, 1.807) is 18.2 Å². The van der Waals surface area contributed by atoms with Crippen LogP contribution >= 0.6 is 0 Å². The molecule has 4 nitrogen and oxygen atoms in total. The van der Waals surface area contributed by atoms with Crippen molar-refractivity contribution in [3.05, 3.63) is 59.2 Å². The van der Waals surface area contributed by atoms with E-state index in [-0.39, 0.29) is 5.78 Å². The predicted molar refractivity (Wildman–Crippen MR) is 118 cm³/mol. The second kappa shape index (κ2) is 11.9. The molecule has 0 N–H and O–H groups in total. The highest BCUT2D eigenvalue weighted by Crippen LogP contribution is 2.31. The number of benzene rings is 2. The van der Waals surface area contributed by atoms with Gasteiger partial charge >= 0.3 is 0 Å². The minimum Gasteiger partial charge on any atom is -0.494 e. The van der Waals surface area contributed by atoms with E-state index in [0.29, 0.717) is 25.4 Å². The fraction of sp³-hybridized carbons (Fsp3) is 0.400. The second-order valence-electron chi connectivity index (χ2n) is 6.68. The molecule has 29 heavy (non-hydrogen) atoms. The van der Waals surface area contributed by atoms with E-state index < -0.39 is 0 Å². The van der Waals surface area contributed by atoms with Crippen LogP contribution in [0.25, 0.3) is 6.08 Å². The highest BCUT2D eigenvalue weighted by molar-refractivity contribution is 6.07. The molecule has 0 heterocycles. The van der Waals surface area contributed by atoms with Gasteiger partial charge in [-0.3, -0.25) is 4.79 Å². The average molecular weight is 397 g/mol. The Kier molecular flexibility index (Phi) is 9.29. The van der Waals surface area contributed by atoms with Gasteiger partial charge in [0, 0.05) is 17.2 Å². The van der Waals surface area contributed by atoms with Crippen molar-refractivity contribution in [1.29, 1.82) is 0 Å². The number of carbonyl (C=O) groups excluding carboxylic acids is 1. The Morgan fingerprint density at radius 3 is 2.21 bits per heavy atom. The fourth-order valence-corrected chi connectivity index (χ4v) is 3.04. The molecule has 0 amide bonds. The number of ketones is 1. The van der Waals surface area contributed by atoms with Crippen molar-refractivity contribution in [2.75, 3.05) is 19.8 Å². The summed E-state index contributed by atoms with van der Waals surface area (Å²) in [5, 5.41) is 0. The summed E-state index contributed by atoms with van der Waals surface area (Å²) in [5.74, 6) is 2.31. The van der Waals surface area contributed by atoms with Crippen LogP contribution in [0.15, 0.2) is 42.5 Å². The molecule has 0 aliphatic heterocycles. The van der Waals surface area contributed by atoms with E-state index in [2.05, 4.69) is 13.8 Å². The van der Waals surface area contributed by atoms with Crippen LogP contribution in [0, 0.1) is 0 Å². The number of ether oxygens (including phenoxy) is 3. The Bertz CT molecular complexity index is 806. The van der Waals surface area contributed by atoms with E-state index in [0.717, 1.165) is 47.6 Å². The Balaban J connectivity index is 2.27. The van der Waals surface area contributed by atoms with E-state index in [4.69, 9.17) is 14.2 Å². The number of allylic oxidation sites excluding steroid dienone is 1. The van der Waals surface area contributed by atoms with Crippen molar-refractivity contribution in [2.45, 2.75) is 47.0 Å². The number of hydrogen-bond donors (Lipinski definition) is 0. The van der Waals surface area contributed by atoms with Gasteiger partial charge in [-0.25, -0.2) is 0 Å². The molecular weight excluding hydrogens is 364 g/mol. The first-order valence-corrected chi connectivity index (χ1v) is 10.5. The highest BCUT2D eigenvalue weighted by atomic mass is 16.5. The summed E-state index contributed by atoms with van der Waals surface area (Å²) in [6, 6.07) is 11.2. The standard InChI is InChI=1S/C25H32O4/c1-5-9-23-20(17-22(27-7-3)18-25(23)28-8-4)12-15-24(26)19-10-13-21(14-11-19)29-16-6-2/h10-15,17-18H,5-9,16H2,1-4H3. The highest BCUT2D eigenvalue weighted by Gasteiger charge is 2.12. The molecule has 0 atom stereocenters. The molecule has 0 radical (unpaired) electrons. The van der Waals surface area contributed by atoms with Gasteiger partial charge in [0.15, 0.2) is 5.78 Å². The Hall–Kier alpha value is -2.75. The monoisotopic (exact) mass is 396 g/mol. The van der Waals surface area contributed by atoms with Crippen molar-refractivity contribution < 1.29 is 19.0 Å². The molecule has 0 aliphatic rings. The maximum atomic E-state index is 12.6. The first kappa shape index (κ1) is 22.5. The lowest BCUT2D eigenvalue weighted by Crippen LogP contribution is -2.02. The zero-order valence-electron chi connectivity index (χ0n) is 18.0. The smallest absolute Gasteiger partial charge is 0.185 e. The SMILES string of the molecule is CCCOc1ccc(C(=O)C=Cc2cc(OCC)cc(OCC)c2CCC)cc1. The minimum absolute atomic E-state index is 0.0470. The first-order valence-electron chi connectivity index (χ1n) is 10.5. The largest absolute Gasteiger partial charge is 0.494 e. The minimum atomic E-state index is -0.0470. The topological polar surface area (TPSA) is 44.8 Å². The van der Waals surface area contributed by atoms with Gasteiger partial charge in [0.1, 0.15) is 17.2 Å². The van der Waals surface area contributed by atoms with Gasteiger partial charge in [0.05, 0.1) is 19.8 Å². The lowest BCUT2D eigenvalue weighted by molar-refractivity contribution is 0.104. The van der Waals surface area contributed by atoms with Crippen molar-refractivity contribution in [1.82, 2.24) is 0 Å². The van der Waals surface area contributed by atoms with Gasteiger partial charge in [-0.15, -0.1) is 0 Å². The van der Waals surface area contributed by atoms with Crippen LogP contribution in [-0.4, -0.2) is 25.6 Å². The summed E-state index contributed by atoms with van der Waals surface area (Å²) >= 11 is 0. The average Bonchev–Trinajstić information content (AvgIpc) is 2.73. The number of rotatable bonds is 12. The normalized spacial score (nSPS) is 10.9. The van der Waals surface area contributed by atoms with Crippen LogP contribution in [0.5, 0.6) is 17.2 Å². The second-order valence-corrected chi connectivity index (χ2v) is 6.68. The van der Waals surface area contributed by atoms with Crippen LogP contribution in [0.2, 0.25) is 0 Å². The summed E-state index contributed by atoms with van der Waals surface area (Å²) in [6.45, 7) is 9.95. The Morgan fingerprint density at radius 1 is 0.862 bits per heavy atom. The van der Waals surface area contributed by atoms with E-state index in [1.165, 1.54) is 0 Å². The molecule has 2 aromatic rings. The Labute approximate surface area is 174 Å². The molecule has 0 unspecified atom stereocenters. The van der Waals surface area contributed by atoms with Crippen LogP contribution in [0.3, 0.4) is 0 Å². The van der Waals surface area contributed by atoms with E-state index in [1.807, 2.05) is 44.2 Å². The van der Waals surface area contributed by atoms with Crippen molar-refractivity contribution in [3.8, 4) is 17.2 Å². The van der Waals surface area contributed by atoms with Crippen molar-refractivity contribution in [2.24, 2.45) is 0 Å². The van der Waals surface area contributed by atoms with Gasteiger partial charge in [-0.1, -0.05) is 26.3 Å². The van der Waals surface area contributed by atoms with Crippen LogP contribution < -0.4 is 14.2 Å². The summed E-state index contributed by atoms with van der Waals surface area (Å²) in [7, 11) is 0. The molecule has 0 fully saturated rings. The molecule has 0 bridgehead atoms. The van der Waals surface area contributed by atoms with Crippen LogP contribution in [0.4, 0.5) is 0 Å². The quantitative estimate of drug-likeness (QED) is 0.320. The maximum Gasteiger partial charge on any atom is 0.185 e. The number of carbonyl (C=O) groups is 1. The van der Waals surface area contributed by atoms with Crippen molar-refractivity contribution >= 4 is 11.9 Å². The molecule has 2 aromatic carbocycles. The zero-order chi connectivity index (χ0) is 21.1. The zero-order valence-corrected chi connectivity index (χ0v) is 18.0. The third-order valence-corrected chi connectivity index (χ3v) is 4.35. The fourth-order valence-electron chi connectivity index (χ4n) is 3.04. The molecule has 0 aromatic heterocycles. The van der Waals surface area contributed by atoms with Gasteiger partial charge < -0.3 is 14.2 Å². The molecule has 4 heteroatoms. The van der Waals surface area contributed by atoms with Crippen molar-refractivity contribution in [3.63, 3.8) is 0 Å². The van der Waals surface area contributed by atoms with E-state index >= 15 is 0 Å². The van der Waals surface area contributed by atoms with Gasteiger partial charge in [-0.05, 0) is 68.7 Å². The van der Waals surface area contributed by atoms with E-state index in [9.17, 15) is 4.79 Å². The maximum absolute atomic E-state index is 12.6. The molecule has 0 aliphatic carbocycles. The molecule has 0 saturated carbocycles. The van der Waals surface area contributed by atoms with Crippen LogP contribution in [0.1, 0.15) is 62.0 Å². The van der Waals surface area contributed by atoms with Gasteiger partial charge in [-0.2, -0.15) is 0 Å². The third kappa shape index (κ3) is 6.67. The molecule has 156 valence electrons. The molecule has 0 saturated heterocycles. The number of hydrogen-bond acceptors (Lipinski definition) is 4. The first-order chi connectivity index (χ1) is 14.1. The van der Waals surface area contributed by atoms with Crippen LogP contribution in [-0.2, 0) is 6.42 Å². The summed E-state index contributed by atoms with van der Waals surface area (Å²) < 4.78 is 17.1. The summed E-state index contributed by atoms with van der Waals surface area (Å²) in [6.07, 6.45) is 6.29. The lowest BCUT2D eigenvalue weighted by atomic mass is 10.00. The van der Waals surface area contributed by atoms with Gasteiger partial charge in [0.25, 0.3) is 0 Å². The lowest BCUT2D eigenvalue weighted by Gasteiger charge is -2.15. The Morgan fingerprint density at radius 2 is 1.59 bits per heavy atom. The van der Waals surface area contributed by atoms with Gasteiger partial charge in [0.2, 0.25) is 0 Å².